The van der Waals surface area contributed by atoms with Crippen molar-refractivity contribution in [2.24, 2.45) is 0 Å². The summed E-state index contributed by atoms with van der Waals surface area (Å²) in [5.41, 5.74) is 2.06. The lowest BCUT2D eigenvalue weighted by Crippen LogP contribution is -2.36. The minimum absolute atomic E-state index is 0.0982. The lowest BCUT2D eigenvalue weighted by Gasteiger charge is -2.32. The zero-order valence-electron chi connectivity index (χ0n) is 11.4. The fraction of sp³-hybridized carbons (Fsp3) is 0.538. The number of fused-ring (bicyclic) bond motifs is 1. The minimum atomic E-state index is -0.271. The van der Waals surface area contributed by atoms with Crippen molar-refractivity contribution >= 4 is 0 Å². The molecule has 0 unspecified atom stereocenters. The highest BCUT2D eigenvalue weighted by molar-refractivity contribution is 5.49. The Labute approximate surface area is 112 Å². The van der Waals surface area contributed by atoms with Crippen molar-refractivity contribution in [2.45, 2.75) is 12.5 Å². The number of ether oxygens (including phenoxy) is 2. The summed E-state index contributed by atoms with van der Waals surface area (Å²) < 4.78 is 10.6. The van der Waals surface area contributed by atoms with E-state index < -0.39 is 0 Å². The Morgan fingerprint density at radius 2 is 2.00 bits per heavy atom. The van der Waals surface area contributed by atoms with Gasteiger partial charge >= 0.3 is 0 Å². The van der Waals surface area contributed by atoms with Crippen molar-refractivity contribution in [3.05, 3.63) is 33.4 Å². The van der Waals surface area contributed by atoms with Crippen molar-refractivity contribution in [3.63, 3.8) is 0 Å². The molecule has 0 bridgehead atoms. The third-order valence-corrected chi connectivity index (χ3v) is 3.59. The molecule has 6 nitrogen and oxygen atoms in total. The average molecular weight is 266 g/mol. The van der Waals surface area contributed by atoms with Crippen LogP contribution in [0.1, 0.15) is 17.2 Å². The van der Waals surface area contributed by atoms with Crippen LogP contribution in [0.3, 0.4) is 0 Å². The van der Waals surface area contributed by atoms with Gasteiger partial charge in [0, 0.05) is 11.5 Å². The molecule has 19 heavy (non-hydrogen) atoms. The van der Waals surface area contributed by atoms with Crippen LogP contribution < -0.4 is 9.47 Å². The van der Waals surface area contributed by atoms with E-state index in [4.69, 9.17) is 9.47 Å². The summed E-state index contributed by atoms with van der Waals surface area (Å²) in [6, 6.07) is 3.57. The predicted octanol–water partition coefficient (Wildman–Crippen LogP) is 1.51. The van der Waals surface area contributed by atoms with E-state index in [1.165, 1.54) is 0 Å². The van der Waals surface area contributed by atoms with Crippen molar-refractivity contribution < 1.29 is 14.4 Å². The molecule has 0 fully saturated rings. The molecule has 0 saturated heterocycles. The maximum atomic E-state index is 10.8. The van der Waals surface area contributed by atoms with Crippen molar-refractivity contribution in [1.29, 1.82) is 0 Å². The molecule has 0 radical (unpaired) electrons. The molecule has 1 heterocycles. The van der Waals surface area contributed by atoms with Crippen LogP contribution in [0.4, 0.5) is 0 Å². The molecular formula is C13H18N2O4. The highest BCUT2D eigenvalue weighted by Crippen LogP contribution is 2.37. The van der Waals surface area contributed by atoms with E-state index in [9.17, 15) is 10.1 Å². The molecule has 0 aromatic heterocycles. The normalized spacial score (nSPS) is 18.8. The molecule has 1 aromatic carbocycles. The number of benzene rings is 1. The van der Waals surface area contributed by atoms with E-state index in [2.05, 4.69) is 0 Å². The molecule has 104 valence electrons. The third kappa shape index (κ3) is 2.63. The maximum Gasteiger partial charge on any atom is 0.223 e. The summed E-state index contributed by atoms with van der Waals surface area (Å²) in [6.45, 7) is 0.708. The van der Waals surface area contributed by atoms with Gasteiger partial charge in [-0.15, -0.1) is 0 Å². The number of hydrogen-bond donors (Lipinski definition) is 0. The van der Waals surface area contributed by atoms with Crippen LogP contribution in [-0.4, -0.2) is 44.2 Å². The van der Waals surface area contributed by atoms with Crippen LogP contribution in [0.15, 0.2) is 12.1 Å². The second-order valence-corrected chi connectivity index (χ2v) is 4.67. The Bertz CT molecular complexity index is 490. The van der Waals surface area contributed by atoms with Gasteiger partial charge in [0.1, 0.15) is 6.04 Å². The topological polar surface area (TPSA) is 64.8 Å². The smallest absolute Gasteiger partial charge is 0.223 e. The second kappa shape index (κ2) is 5.44. The number of methoxy groups -OCH3 is 2. The molecule has 1 aliphatic rings. The van der Waals surface area contributed by atoms with Gasteiger partial charge in [0.15, 0.2) is 11.5 Å². The zero-order chi connectivity index (χ0) is 14.0. The van der Waals surface area contributed by atoms with Crippen molar-refractivity contribution in [2.75, 3.05) is 34.4 Å². The van der Waals surface area contributed by atoms with Gasteiger partial charge in [0.2, 0.25) is 6.54 Å². The number of likely N-dealkylation sites (N-methyl/N-ethyl adjacent to an activating group) is 1. The Balaban J connectivity index is 2.45. The van der Waals surface area contributed by atoms with Gasteiger partial charge in [0.05, 0.1) is 14.2 Å². The first kappa shape index (κ1) is 13.6. The Morgan fingerprint density at radius 1 is 1.37 bits per heavy atom. The number of hydrogen-bond acceptors (Lipinski definition) is 5. The molecular weight excluding hydrogens is 248 g/mol. The summed E-state index contributed by atoms with van der Waals surface area (Å²) in [4.78, 5) is 12.6. The minimum Gasteiger partial charge on any atom is -0.493 e. The summed E-state index contributed by atoms with van der Waals surface area (Å²) in [5, 5.41) is 10.8. The third-order valence-electron chi connectivity index (χ3n) is 3.59. The monoisotopic (exact) mass is 266 g/mol. The van der Waals surface area contributed by atoms with Crippen LogP contribution >= 0.6 is 0 Å². The van der Waals surface area contributed by atoms with E-state index in [1.807, 2.05) is 24.1 Å². The van der Waals surface area contributed by atoms with Crippen LogP contribution in [0.25, 0.3) is 0 Å². The summed E-state index contributed by atoms with van der Waals surface area (Å²) in [6.07, 6.45) is 0.862. The fourth-order valence-corrected chi connectivity index (χ4v) is 2.53. The lowest BCUT2D eigenvalue weighted by atomic mass is 9.92. The van der Waals surface area contributed by atoms with Crippen molar-refractivity contribution in [3.8, 4) is 11.5 Å². The standard InChI is InChI=1S/C13H18N2O4/c1-14-5-4-9-6-12(18-2)13(19-3)7-10(9)11(14)8-15(16)17/h6-7,11H,4-5,8H2,1-3H3/t11-/m1/s1. The van der Waals surface area contributed by atoms with Crippen LogP contribution in [0, 0.1) is 10.1 Å². The van der Waals surface area contributed by atoms with E-state index in [0.29, 0.717) is 11.5 Å². The first-order valence-electron chi connectivity index (χ1n) is 6.13. The summed E-state index contributed by atoms with van der Waals surface area (Å²) in [5.74, 6) is 1.29. The van der Waals surface area contributed by atoms with Gasteiger partial charge < -0.3 is 9.47 Å². The van der Waals surface area contributed by atoms with Gasteiger partial charge in [-0.05, 0) is 36.7 Å². The molecule has 6 heteroatoms. The van der Waals surface area contributed by atoms with Gasteiger partial charge in [-0.25, -0.2) is 0 Å². The molecule has 1 aromatic rings. The van der Waals surface area contributed by atoms with Gasteiger partial charge in [-0.2, -0.15) is 0 Å². The Kier molecular flexibility index (Phi) is 3.90. The number of nitro groups is 1. The summed E-state index contributed by atoms with van der Waals surface area (Å²) >= 11 is 0. The first-order chi connectivity index (χ1) is 9.06. The van der Waals surface area contributed by atoms with E-state index in [-0.39, 0.29) is 17.5 Å². The molecule has 0 amide bonds. The van der Waals surface area contributed by atoms with E-state index >= 15 is 0 Å². The van der Waals surface area contributed by atoms with Gasteiger partial charge in [-0.3, -0.25) is 15.0 Å². The molecule has 0 saturated carbocycles. The molecule has 0 spiro atoms. The van der Waals surface area contributed by atoms with E-state index in [0.717, 1.165) is 24.1 Å². The molecule has 1 aliphatic heterocycles. The molecule has 2 rings (SSSR count). The quantitative estimate of drug-likeness (QED) is 0.610. The second-order valence-electron chi connectivity index (χ2n) is 4.67. The Hall–Kier alpha value is -1.82. The average Bonchev–Trinajstić information content (AvgIpc) is 2.40. The number of nitrogens with zero attached hydrogens (tertiary/aromatic N) is 2. The lowest BCUT2D eigenvalue weighted by molar-refractivity contribution is -0.488. The Morgan fingerprint density at radius 3 is 2.58 bits per heavy atom. The largest absolute Gasteiger partial charge is 0.493 e. The fourth-order valence-electron chi connectivity index (χ4n) is 2.53. The SMILES string of the molecule is COc1cc2c(cc1OC)[C@@H](C[N+](=O)[O-])N(C)CC2. The van der Waals surface area contributed by atoms with E-state index in [1.54, 1.807) is 14.2 Å². The number of rotatable bonds is 4. The zero-order valence-corrected chi connectivity index (χ0v) is 11.4. The molecule has 1 atom stereocenters. The highest BCUT2D eigenvalue weighted by Gasteiger charge is 2.30. The first-order valence-corrected chi connectivity index (χ1v) is 6.13. The maximum absolute atomic E-state index is 10.8. The highest BCUT2D eigenvalue weighted by atomic mass is 16.6. The van der Waals surface area contributed by atoms with Crippen LogP contribution in [0.2, 0.25) is 0 Å². The molecule has 0 N–H and O–H groups in total. The van der Waals surface area contributed by atoms with Crippen LogP contribution in [0.5, 0.6) is 11.5 Å². The summed E-state index contributed by atoms with van der Waals surface area (Å²) in [7, 11) is 5.07. The van der Waals surface area contributed by atoms with Gasteiger partial charge in [-0.1, -0.05) is 0 Å². The molecule has 0 aliphatic carbocycles. The van der Waals surface area contributed by atoms with Crippen LogP contribution in [-0.2, 0) is 6.42 Å². The van der Waals surface area contributed by atoms with Crippen molar-refractivity contribution in [1.82, 2.24) is 4.90 Å². The van der Waals surface area contributed by atoms with Gasteiger partial charge in [0.25, 0.3) is 0 Å². The predicted molar refractivity (Wildman–Crippen MR) is 70.5 cm³/mol.